The van der Waals surface area contributed by atoms with Crippen LogP contribution >= 0.6 is 11.3 Å². The molecule has 16 heavy (non-hydrogen) atoms. The molecule has 0 N–H and O–H groups in total. The van der Waals surface area contributed by atoms with E-state index in [1.165, 1.54) is 10.5 Å². The molecule has 0 radical (unpaired) electrons. The van der Waals surface area contributed by atoms with Crippen molar-refractivity contribution in [3.8, 4) is 0 Å². The quantitative estimate of drug-likeness (QED) is 0.530. The van der Waals surface area contributed by atoms with E-state index < -0.39 is 0 Å². The summed E-state index contributed by atoms with van der Waals surface area (Å²) in [5.74, 6) is 0.724. The summed E-state index contributed by atoms with van der Waals surface area (Å²) < 4.78 is 0. The first kappa shape index (κ1) is 13.2. The van der Waals surface area contributed by atoms with Crippen LogP contribution in [0.25, 0.3) is 0 Å². The molecule has 0 saturated heterocycles. The van der Waals surface area contributed by atoms with Gasteiger partial charge in [-0.2, -0.15) is 0 Å². The van der Waals surface area contributed by atoms with E-state index in [9.17, 15) is 4.79 Å². The summed E-state index contributed by atoms with van der Waals surface area (Å²) in [5, 5.41) is 0. The van der Waals surface area contributed by atoms with Crippen molar-refractivity contribution in [1.82, 2.24) is 0 Å². The van der Waals surface area contributed by atoms with Gasteiger partial charge in [0.15, 0.2) is 5.78 Å². The Balaban J connectivity index is 2.56. The Kier molecular flexibility index (Phi) is 4.94. The van der Waals surface area contributed by atoms with Crippen LogP contribution in [0.15, 0.2) is 23.8 Å². The van der Waals surface area contributed by atoms with Crippen molar-refractivity contribution in [3.05, 3.63) is 33.5 Å². The molecule has 88 valence electrons. The van der Waals surface area contributed by atoms with Crippen molar-refractivity contribution in [2.45, 2.75) is 46.5 Å². The lowest BCUT2D eigenvalue weighted by Gasteiger charge is -2.06. The third-order valence-corrected chi connectivity index (χ3v) is 4.03. The van der Waals surface area contributed by atoms with Crippen molar-refractivity contribution >= 4 is 17.1 Å². The molecule has 1 nitrogen and oxygen atoms in total. The lowest BCUT2D eigenvalue weighted by molar-refractivity contribution is 0.102. The second-order valence-corrected chi connectivity index (χ2v) is 5.63. The number of Topliss-reactive ketones (excluding diaryl/α,β-unsaturated/α-hetero) is 1. The SMILES string of the molecule is CC(=O)c1ccc(C(C)CCC=C(C)C)s1. The molecule has 0 aliphatic rings. The maximum atomic E-state index is 11.2. The fourth-order valence-corrected chi connectivity index (χ4v) is 2.56. The van der Waals surface area contributed by atoms with Gasteiger partial charge in [-0.3, -0.25) is 4.79 Å². The molecule has 1 rings (SSSR count). The highest BCUT2D eigenvalue weighted by atomic mass is 32.1. The van der Waals surface area contributed by atoms with Crippen LogP contribution in [0.5, 0.6) is 0 Å². The van der Waals surface area contributed by atoms with Gasteiger partial charge in [0, 0.05) is 4.88 Å². The molecule has 1 atom stereocenters. The lowest BCUT2D eigenvalue weighted by Crippen LogP contribution is -1.89. The van der Waals surface area contributed by atoms with Gasteiger partial charge in [0.2, 0.25) is 0 Å². The molecule has 0 aromatic carbocycles. The number of thiophene rings is 1. The highest BCUT2D eigenvalue weighted by Crippen LogP contribution is 2.28. The average molecular weight is 236 g/mol. The van der Waals surface area contributed by atoms with E-state index in [1.807, 2.05) is 6.07 Å². The zero-order chi connectivity index (χ0) is 12.1. The summed E-state index contributed by atoms with van der Waals surface area (Å²) in [7, 11) is 0. The minimum absolute atomic E-state index is 0.174. The molecule has 0 aliphatic carbocycles. The van der Waals surface area contributed by atoms with Crippen LogP contribution in [0.2, 0.25) is 0 Å². The van der Waals surface area contributed by atoms with Crippen LogP contribution in [0, 0.1) is 0 Å². The highest BCUT2D eigenvalue weighted by molar-refractivity contribution is 7.14. The van der Waals surface area contributed by atoms with Gasteiger partial charge >= 0.3 is 0 Å². The van der Waals surface area contributed by atoms with E-state index in [2.05, 4.69) is 32.9 Å². The molecular weight excluding hydrogens is 216 g/mol. The fourth-order valence-electron chi connectivity index (χ4n) is 1.57. The summed E-state index contributed by atoms with van der Waals surface area (Å²) in [6.45, 7) is 8.12. The van der Waals surface area contributed by atoms with Gasteiger partial charge in [0.25, 0.3) is 0 Å². The van der Waals surface area contributed by atoms with E-state index in [0.29, 0.717) is 5.92 Å². The summed E-state index contributed by atoms with van der Waals surface area (Å²) >= 11 is 1.64. The average Bonchev–Trinajstić information content (AvgIpc) is 2.65. The Morgan fingerprint density at radius 2 is 2.06 bits per heavy atom. The molecule has 0 spiro atoms. The van der Waals surface area contributed by atoms with Crippen molar-refractivity contribution in [3.63, 3.8) is 0 Å². The van der Waals surface area contributed by atoms with Crippen LogP contribution in [0.4, 0.5) is 0 Å². The predicted octanol–water partition coefficient (Wildman–Crippen LogP) is 4.80. The second kappa shape index (κ2) is 6.00. The van der Waals surface area contributed by atoms with Gasteiger partial charge in [-0.05, 0) is 51.7 Å². The van der Waals surface area contributed by atoms with Crippen LogP contribution in [-0.4, -0.2) is 5.78 Å². The molecule has 1 aromatic rings. The predicted molar refractivity (Wildman–Crippen MR) is 71.4 cm³/mol. The van der Waals surface area contributed by atoms with Gasteiger partial charge in [-0.25, -0.2) is 0 Å². The van der Waals surface area contributed by atoms with Gasteiger partial charge in [0.1, 0.15) is 0 Å². The summed E-state index contributed by atoms with van der Waals surface area (Å²) in [6, 6.07) is 4.04. The van der Waals surface area contributed by atoms with Crippen molar-refractivity contribution in [2.75, 3.05) is 0 Å². The number of carbonyl (C=O) groups excluding carboxylic acids is 1. The van der Waals surface area contributed by atoms with E-state index in [4.69, 9.17) is 0 Å². The smallest absolute Gasteiger partial charge is 0.169 e. The third kappa shape index (κ3) is 3.93. The first-order valence-corrected chi connectivity index (χ1v) is 6.56. The fraction of sp³-hybridized carbons (Fsp3) is 0.500. The second-order valence-electron chi connectivity index (χ2n) is 4.52. The summed E-state index contributed by atoms with van der Waals surface area (Å²) in [4.78, 5) is 13.4. The van der Waals surface area contributed by atoms with Crippen molar-refractivity contribution in [1.29, 1.82) is 0 Å². The molecule has 1 heterocycles. The van der Waals surface area contributed by atoms with Crippen molar-refractivity contribution < 1.29 is 4.79 Å². The number of hydrogen-bond donors (Lipinski definition) is 0. The van der Waals surface area contributed by atoms with Gasteiger partial charge in [0.05, 0.1) is 4.88 Å². The Bertz CT molecular complexity index is 383. The number of hydrogen-bond acceptors (Lipinski definition) is 2. The zero-order valence-corrected chi connectivity index (χ0v) is 11.4. The molecule has 1 aromatic heterocycles. The van der Waals surface area contributed by atoms with Crippen LogP contribution < -0.4 is 0 Å². The first-order chi connectivity index (χ1) is 7.50. The van der Waals surface area contributed by atoms with Gasteiger partial charge in [-0.15, -0.1) is 11.3 Å². The van der Waals surface area contributed by atoms with Gasteiger partial charge < -0.3 is 0 Å². The van der Waals surface area contributed by atoms with E-state index in [-0.39, 0.29) is 5.78 Å². The normalized spacial score (nSPS) is 12.2. The maximum absolute atomic E-state index is 11.2. The lowest BCUT2D eigenvalue weighted by atomic mass is 10.0. The largest absolute Gasteiger partial charge is 0.294 e. The minimum atomic E-state index is 0.174. The molecule has 0 bridgehead atoms. The Hall–Kier alpha value is -0.890. The number of carbonyl (C=O) groups is 1. The number of rotatable bonds is 5. The maximum Gasteiger partial charge on any atom is 0.169 e. The number of ketones is 1. The highest BCUT2D eigenvalue weighted by Gasteiger charge is 2.09. The first-order valence-electron chi connectivity index (χ1n) is 5.74. The molecule has 1 unspecified atom stereocenters. The standard InChI is InChI=1S/C14H20OS/c1-10(2)6-5-7-11(3)13-8-9-14(16-13)12(4)15/h6,8-9,11H,5,7H2,1-4H3. The molecule has 0 amide bonds. The minimum Gasteiger partial charge on any atom is -0.294 e. The molecule has 0 fully saturated rings. The zero-order valence-electron chi connectivity index (χ0n) is 10.5. The topological polar surface area (TPSA) is 17.1 Å². The Morgan fingerprint density at radius 1 is 1.38 bits per heavy atom. The van der Waals surface area contributed by atoms with Crippen LogP contribution in [0.3, 0.4) is 0 Å². The summed E-state index contributed by atoms with van der Waals surface area (Å²) in [6.07, 6.45) is 4.55. The molecule has 0 saturated carbocycles. The van der Waals surface area contributed by atoms with Crippen LogP contribution in [0.1, 0.15) is 61.0 Å². The monoisotopic (exact) mass is 236 g/mol. The molecular formula is C14H20OS. The Morgan fingerprint density at radius 3 is 2.56 bits per heavy atom. The molecule has 0 aliphatic heterocycles. The van der Waals surface area contributed by atoms with E-state index >= 15 is 0 Å². The molecule has 2 heteroatoms. The Labute approximate surface area is 102 Å². The van der Waals surface area contributed by atoms with E-state index in [1.54, 1.807) is 18.3 Å². The third-order valence-electron chi connectivity index (χ3n) is 2.61. The van der Waals surface area contributed by atoms with Crippen LogP contribution in [-0.2, 0) is 0 Å². The van der Waals surface area contributed by atoms with Gasteiger partial charge in [-0.1, -0.05) is 18.6 Å². The van der Waals surface area contributed by atoms with E-state index in [0.717, 1.165) is 17.7 Å². The number of allylic oxidation sites excluding steroid dienone is 2. The summed E-state index contributed by atoms with van der Waals surface area (Å²) in [5.41, 5.74) is 1.38. The van der Waals surface area contributed by atoms with Crippen molar-refractivity contribution in [2.24, 2.45) is 0 Å².